The number of ether oxygens (including phenoxy) is 1. The maximum atomic E-state index is 8.44. The van der Waals surface area contributed by atoms with Gasteiger partial charge in [0.15, 0.2) is 0 Å². The molecule has 0 radical (unpaired) electrons. The average molecular weight is 156 g/mol. The van der Waals surface area contributed by atoms with E-state index in [0.29, 0.717) is 0 Å². The van der Waals surface area contributed by atoms with Gasteiger partial charge in [-0.1, -0.05) is 0 Å². The number of carbonyl (C=O) groups is 1. The van der Waals surface area contributed by atoms with Gasteiger partial charge in [-0.2, -0.15) is 0 Å². The van der Waals surface area contributed by atoms with Gasteiger partial charge in [0.05, 0.1) is 0 Å². The van der Waals surface area contributed by atoms with Crippen molar-refractivity contribution >= 4 is 6.16 Å². The van der Waals surface area contributed by atoms with E-state index >= 15 is 0 Å². The fourth-order valence-corrected chi connectivity index (χ4v) is 0.510. The van der Waals surface area contributed by atoms with Gasteiger partial charge in [-0.3, -0.25) is 0 Å². The third kappa shape index (κ3) is 15.7. The van der Waals surface area contributed by atoms with Gasteiger partial charge in [-0.25, -0.2) is 0 Å². The summed E-state index contributed by atoms with van der Waals surface area (Å²) in [4.78, 5) is 8.44. The van der Waals surface area contributed by atoms with Crippen molar-refractivity contribution in [3.05, 3.63) is 0 Å². The van der Waals surface area contributed by atoms with Crippen LogP contribution >= 0.6 is 0 Å². The van der Waals surface area contributed by atoms with Crippen LogP contribution in [0.3, 0.4) is 0 Å². The first-order chi connectivity index (χ1) is 4.23. The molecule has 1 aliphatic rings. The van der Waals surface area contributed by atoms with E-state index in [1.54, 1.807) is 0 Å². The van der Waals surface area contributed by atoms with Crippen molar-refractivity contribution in [2.24, 2.45) is 0 Å². The van der Waals surface area contributed by atoms with Crippen LogP contribution in [0, 0.1) is 0 Å². The molecule has 0 bridgehead atoms. The standard InChI is InChI=1S/C4H8O.CH2O3.Na/c1-2-4-5-3-1;2-1(3)4;/h1-4H2;(H2,2,3,4);/q;;+1/p-1. The molecule has 0 atom stereocenters. The van der Waals surface area contributed by atoms with E-state index in [9.17, 15) is 0 Å². The molecule has 4 nitrogen and oxygen atoms in total. The topological polar surface area (TPSA) is 69.6 Å². The molecule has 1 N–H and O–H groups in total. The third-order valence-corrected chi connectivity index (χ3v) is 0.827. The zero-order chi connectivity index (χ0) is 7.11. The molecule has 1 saturated heterocycles. The molecule has 0 amide bonds. The first-order valence-corrected chi connectivity index (χ1v) is 2.71. The molecule has 1 aliphatic heterocycles. The summed E-state index contributed by atoms with van der Waals surface area (Å²) in [5.41, 5.74) is 0. The van der Waals surface area contributed by atoms with Crippen LogP contribution in [0.1, 0.15) is 12.8 Å². The first kappa shape index (κ1) is 12.9. The Morgan fingerprint density at radius 3 is 1.80 bits per heavy atom. The van der Waals surface area contributed by atoms with Crippen molar-refractivity contribution in [1.82, 2.24) is 0 Å². The molecule has 0 spiro atoms. The molecule has 0 aliphatic carbocycles. The molecule has 1 fully saturated rings. The van der Waals surface area contributed by atoms with Gasteiger partial charge in [0, 0.05) is 13.2 Å². The van der Waals surface area contributed by atoms with Gasteiger partial charge in [0.1, 0.15) is 0 Å². The quantitative estimate of drug-likeness (QED) is 0.373. The third-order valence-electron chi connectivity index (χ3n) is 0.827. The number of hydrogen-bond donors (Lipinski definition) is 1. The summed E-state index contributed by atoms with van der Waals surface area (Å²) in [6.07, 6.45) is 0.472. The van der Waals surface area contributed by atoms with Gasteiger partial charge in [-0.05, 0) is 12.8 Å². The molecule has 1 heterocycles. The summed E-state index contributed by atoms with van der Waals surface area (Å²) >= 11 is 0. The molecular weight excluding hydrogens is 147 g/mol. The zero-order valence-electron chi connectivity index (χ0n) is 6.00. The van der Waals surface area contributed by atoms with E-state index in [1.165, 1.54) is 12.8 Å². The van der Waals surface area contributed by atoms with E-state index in [0.717, 1.165) is 13.2 Å². The minimum absolute atomic E-state index is 0. The normalized spacial score (nSPS) is 14.4. The van der Waals surface area contributed by atoms with Gasteiger partial charge in [0.2, 0.25) is 6.16 Å². The minimum atomic E-state index is -2.08. The van der Waals surface area contributed by atoms with Crippen molar-refractivity contribution in [1.29, 1.82) is 0 Å². The Morgan fingerprint density at radius 2 is 1.70 bits per heavy atom. The van der Waals surface area contributed by atoms with Gasteiger partial charge >= 0.3 is 29.6 Å². The van der Waals surface area contributed by atoms with Crippen molar-refractivity contribution in [3.8, 4) is 0 Å². The first-order valence-electron chi connectivity index (χ1n) is 2.71. The minimum Gasteiger partial charge on any atom is -0.565 e. The largest absolute Gasteiger partial charge is 1.00 e. The summed E-state index contributed by atoms with van der Waals surface area (Å²) < 4.78 is 4.94. The summed E-state index contributed by atoms with van der Waals surface area (Å²) in [5, 5.41) is 15.3. The number of hydrogen-bond acceptors (Lipinski definition) is 3. The molecule has 10 heavy (non-hydrogen) atoms. The maximum Gasteiger partial charge on any atom is 1.00 e. The van der Waals surface area contributed by atoms with Crippen molar-refractivity contribution in [2.75, 3.05) is 13.2 Å². The fourth-order valence-electron chi connectivity index (χ4n) is 0.510. The number of rotatable bonds is 0. The van der Waals surface area contributed by atoms with Crippen molar-refractivity contribution < 1.29 is 49.3 Å². The van der Waals surface area contributed by atoms with Crippen LogP contribution in [-0.2, 0) is 4.74 Å². The Bertz CT molecular complexity index is 70.1. The molecule has 0 unspecified atom stereocenters. The summed E-state index contributed by atoms with van der Waals surface area (Å²) in [6.45, 7) is 2.00. The number of carboxylic acid groups (broad SMARTS) is 2. The summed E-state index contributed by atoms with van der Waals surface area (Å²) in [6, 6.07) is 0. The van der Waals surface area contributed by atoms with Gasteiger partial charge in [0.25, 0.3) is 0 Å². The molecule has 54 valence electrons. The maximum absolute atomic E-state index is 8.44. The van der Waals surface area contributed by atoms with E-state index in [2.05, 4.69) is 0 Å². The molecule has 0 aromatic rings. The zero-order valence-corrected chi connectivity index (χ0v) is 8.00. The van der Waals surface area contributed by atoms with Crippen molar-refractivity contribution in [3.63, 3.8) is 0 Å². The van der Waals surface area contributed by atoms with Crippen LogP contribution in [0.4, 0.5) is 4.79 Å². The van der Waals surface area contributed by atoms with Crippen LogP contribution in [0.2, 0.25) is 0 Å². The van der Waals surface area contributed by atoms with E-state index in [4.69, 9.17) is 19.7 Å². The Balaban J connectivity index is 0. The van der Waals surface area contributed by atoms with E-state index in [1.807, 2.05) is 0 Å². The van der Waals surface area contributed by atoms with Crippen LogP contribution in [0.5, 0.6) is 0 Å². The van der Waals surface area contributed by atoms with Crippen LogP contribution in [-0.4, -0.2) is 24.5 Å². The van der Waals surface area contributed by atoms with E-state index < -0.39 is 6.16 Å². The fraction of sp³-hybridized carbons (Fsp3) is 0.800. The SMILES string of the molecule is C1CCOC1.O=C([O-])O.[Na+]. The second-order valence-electron chi connectivity index (χ2n) is 1.59. The van der Waals surface area contributed by atoms with E-state index in [-0.39, 0.29) is 29.6 Å². The molecule has 1 rings (SSSR count). The molecule has 0 aromatic carbocycles. The second-order valence-corrected chi connectivity index (χ2v) is 1.59. The molecule has 5 heteroatoms. The average Bonchev–Trinajstić information content (AvgIpc) is 2.11. The van der Waals surface area contributed by atoms with Gasteiger partial charge in [-0.15, -0.1) is 0 Å². The van der Waals surface area contributed by atoms with Crippen LogP contribution < -0.4 is 34.7 Å². The smallest absolute Gasteiger partial charge is 0.565 e. The Labute approximate surface area is 81.5 Å². The van der Waals surface area contributed by atoms with Crippen LogP contribution in [0.25, 0.3) is 0 Å². The Kier molecular flexibility index (Phi) is 11.9. The molecular formula is C5H9NaO4. The monoisotopic (exact) mass is 156 g/mol. The summed E-state index contributed by atoms with van der Waals surface area (Å²) in [7, 11) is 0. The second kappa shape index (κ2) is 9.23. The molecule has 0 aromatic heterocycles. The van der Waals surface area contributed by atoms with Gasteiger partial charge < -0.3 is 19.7 Å². The molecule has 0 saturated carbocycles. The summed E-state index contributed by atoms with van der Waals surface area (Å²) in [5.74, 6) is 0. The Morgan fingerprint density at radius 1 is 1.40 bits per heavy atom. The predicted octanol–water partition coefficient (Wildman–Crippen LogP) is -3.31. The van der Waals surface area contributed by atoms with Crippen LogP contribution in [0.15, 0.2) is 0 Å². The predicted molar refractivity (Wildman–Crippen MR) is 28.1 cm³/mol. The Hall–Kier alpha value is 0.230. The van der Waals surface area contributed by atoms with Crippen molar-refractivity contribution in [2.45, 2.75) is 12.8 Å².